The molecule has 0 radical (unpaired) electrons. The fourth-order valence-corrected chi connectivity index (χ4v) is 10.7. The molecule has 2 aromatic rings. The van der Waals surface area contributed by atoms with Crippen molar-refractivity contribution in [3.05, 3.63) is 60.7 Å². The van der Waals surface area contributed by atoms with Gasteiger partial charge in [0, 0.05) is 25.3 Å². The second-order valence-corrected chi connectivity index (χ2v) is 18.1. The van der Waals surface area contributed by atoms with Crippen LogP contribution in [-0.4, -0.2) is 64.5 Å². The van der Waals surface area contributed by atoms with Gasteiger partial charge in [0.1, 0.15) is 5.60 Å². The first-order valence-corrected chi connectivity index (χ1v) is 15.9. The van der Waals surface area contributed by atoms with Gasteiger partial charge in [0.15, 0.2) is 9.84 Å². The van der Waals surface area contributed by atoms with Gasteiger partial charge in [-0.1, -0.05) is 81.4 Å². The minimum Gasteiger partial charge on any atom is -0.444 e. The molecule has 0 N–H and O–H groups in total. The minimum absolute atomic E-state index is 0.0823. The first kappa shape index (κ1) is 27.4. The van der Waals surface area contributed by atoms with E-state index >= 15 is 0 Å². The van der Waals surface area contributed by atoms with Crippen molar-refractivity contribution in [3.8, 4) is 0 Å². The maximum absolute atomic E-state index is 12.9. The molecule has 35 heavy (non-hydrogen) atoms. The number of sulfone groups is 1. The molecule has 8 heteroatoms. The summed E-state index contributed by atoms with van der Waals surface area (Å²) in [6, 6.07) is 20.4. The molecule has 1 aliphatic heterocycles. The number of likely N-dealkylation sites (tertiary alicyclic amines) is 1. The molecule has 1 amide bonds. The molecule has 1 saturated heterocycles. The summed E-state index contributed by atoms with van der Waals surface area (Å²) in [6.07, 6.45) is 0.858. The van der Waals surface area contributed by atoms with Gasteiger partial charge in [-0.15, -0.1) is 0 Å². The topological polar surface area (TPSA) is 72.9 Å². The zero-order valence-corrected chi connectivity index (χ0v) is 23.8. The van der Waals surface area contributed by atoms with E-state index in [1.165, 1.54) is 6.26 Å². The zero-order chi connectivity index (χ0) is 26.1. The molecule has 2 aromatic carbocycles. The first-order valence-electron chi connectivity index (χ1n) is 12.1. The maximum Gasteiger partial charge on any atom is 0.410 e. The molecule has 0 saturated carbocycles. The highest BCUT2D eigenvalue weighted by atomic mass is 32.2. The number of ether oxygens (including phenoxy) is 1. The van der Waals surface area contributed by atoms with Gasteiger partial charge in [-0.2, -0.15) is 0 Å². The highest BCUT2D eigenvalue weighted by molar-refractivity contribution is 7.91. The highest BCUT2D eigenvalue weighted by Gasteiger charge is 2.52. The van der Waals surface area contributed by atoms with Crippen LogP contribution in [0.3, 0.4) is 0 Å². The maximum atomic E-state index is 12.9. The van der Waals surface area contributed by atoms with Crippen LogP contribution in [0.25, 0.3) is 0 Å². The monoisotopic (exact) mass is 517 g/mol. The van der Waals surface area contributed by atoms with Gasteiger partial charge in [0.25, 0.3) is 8.32 Å². The lowest BCUT2D eigenvalue weighted by Gasteiger charge is -2.46. The molecule has 0 unspecified atom stereocenters. The quantitative estimate of drug-likeness (QED) is 0.522. The molecule has 6 nitrogen and oxygen atoms in total. The Morgan fingerprint density at radius 3 is 1.77 bits per heavy atom. The lowest BCUT2D eigenvalue weighted by molar-refractivity contribution is -0.00335. The van der Waals surface area contributed by atoms with E-state index in [0.717, 1.165) is 10.4 Å². The summed E-state index contributed by atoms with van der Waals surface area (Å²) in [5.41, 5.74) is -0.592. The number of hydrogen-bond donors (Lipinski definition) is 0. The van der Waals surface area contributed by atoms with Crippen molar-refractivity contribution in [2.75, 3.05) is 26.0 Å². The summed E-state index contributed by atoms with van der Waals surface area (Å²) < 4.78 is 38.2. The molecule has 0 spiro atoms. The molecule has 0 aromatic heterocycles. The molecular formula is C27H39NO5SSi. The fourth-order valence-electron chi connectivity index (χ4n) is 4.80. The van der Waals surface area contributed by atoms with Crippen molar-refractivity contribution in [2.45, 2.75) is 57.4 Å². The second-order valence-electron chi connectivity index (χ2n) is 11.5. The van der Waals surface area contributed by atoms with Crippen molar-refractivity contribution in [3.63, 3.8) is 0 Å². The summed E-state index contributed by atoms with van der Waals surface area (Å²) in [5.74, 6) is -0.198. The fraction of sp³-hybridized carbons (Fsp3) is 0.519. The van der Waals surface area contributed by atoms with E-state index < -0.39 is 35.1 Å². The average molecular weight is 518 g/mol. The predicted molar refractivity (Wildman–Crippen MR) is 144 cm³/mol. The van der Waals surface area contributed by atoms with Gasteiger partial charge in [-0.25, -0.2) is 13.2 Å². The number of amides is 1. The van der Waals surface area contributed by atoms with Crippen molar-refractivity contribution in [1.29, 1.82) is 0 Å². The normalized spacial score (nSPS) is 16.5. The highest BCUT2D eigenvalue weighted by Crippen LogP contribution is 2.37. The lowest BCUT2D eigenvalue weighted by Crippen LogP contribution is -2.68. The summed E-state index contributed by atoms with van der Waals surface area (Å²) in [4.78, 5) is 14.0. The van der Waals surface area contributed by atoms with E-state index in [9.17, 15) is 13.2 Å². The summed E-state index contributed by atoms with van der Waals surface area (Å²) >= 11 is 0. The van der Waals surface area contributed by atoms with Crippen LogP contribution in [0.15, 0.2) is 60.7 Å². The SMILES string of the molecule is CC(C)(C)OC(=O)N1CC([C@@H](CO[Si](c2ccccc2)(c2ccccc2)C(C)(C)C)S(C)(=O)=O)C1. The molecular weight excluding hydrogens is 478 g/mol. The molecule has 1 heterocycles. The van der Waals surface area contributed by atoms with Crippen molar-refractivity contribution in [2.24, 2.45) is 5.92 Å². The Morgan fingerprint density at radius 1 is 0.943 bits per heavy atom. The van der Waals surface area contributed by atoms with Crippen LogP contribution in [0.5, 0.6) is 0 Å². The molecule has 192 valence electrons. The molecule has 1 aliphatic rings. The van der Waals surface area contributed by atoms with Crippen LogP contribution in [-0.2, 0) is 19.0 Å². The zero-order valence-electron chi connectivity index (χ0n) is 21.9. The van der Waals surface area contributed by atoms with Crippen LogP contribution in [0.4, 0.5) is 4.79 Å². The Labute approximate surface area is 211 Å². The van der Waals surface area contributed by atoms with E-state index in [1.807, 2.05) is 57.2 Å². The van der Waals surface area contributed by atoms with Crippen LogP contribution in [0.1, 0.15) is 41.5 Å². The Hall–Kier alpha value is -2.16. The van der Waals surface area contributed by atoms with E-state index in [1.54, 1.807) is 4.90 Å². The van der Waals surface area contributed by atoms with E-state index in [4.69, 9.17) is 9.16 Å². The smallest absolute Gasteiger partial charge is 0.410 e. The third-order valence-corrected chi connectivity index (χ3v) is 13.1. The van der Waals surface area contributed by atoms with Gasteiger partial charge in [0.05, 0.1) is 11.9 Å². The number of nitrogens with zero attached hydrogens (tertiary/aromatic N) is 1. The number of carbonyl (C=O) groups is 1. The van der Waals surface area contributed by atoms with Crippen LogP contribution in [0.2, 0.25) is 5.04 Å². The van der Waals surface area contributed by atoms with Crippen molar-refractivity contribution in [1.82, 2.24) is 4.90 Å². The van der Waals surface area contributed by atoms with E-state index in [2.05, 4.69) is 45.0 Å². The third kappa shape index (κ3) is 6.16. The van der Waals surface area contributed by atoms with Crippen molar-refractivity contribution < 1.29 is 22.4 Å². The summed E-state index contributed by atoms with van der Waals surface area (Å²) in [5, 5.41) is 1.26. The Balaban J connectivity index is 1.91. The predicted octanol–water partition coefficient (Wildman–Crippen LogP) is 3.84. The molecule has 0 aliphatic carbocycles. The Bertz CT molecular complexity index is 1060. The number of carbonyl (C=O) groups excluding carboxylic acids is 1. The second kappa shape index (κ2) is 10.1. The van der Waals surface area contributed by atoms with E-state index in [0.29, 0.717) is 13.1 Å². The van der Waals surface area contributed by atoms with Gasteiger partial charge in [-0.05, 0) is 36.2 Å². The van der Waals surface area contributed by atoms with Gasteiger partial charge < -0.3 is 14.1 Å². The molecule has 1 fully saturated rings. The first-order chi connectivity index (χ1) is 16.1. The van der Waals surface area contributed by atoms with Gasteiger partial charge in [0.2, 0.25) is 0 Å². The van der Waals surface area contributed by atoms with Crippen molar-refractivity contribution >= 4 is 34.6 Å². The van der Waals surface area contributed by atoms with Crippen LogP contribution < -0.4 is 10.4 Å². The molecule has 1 atom stereocenters. The molecule has 3 rings (SSSR count). The van der Waals surface area contributed by atoms with E-state index in [-0.39, 0.29) is 17.6 Å². The van der Waals surface area contributed by atoms with Crippen LogP contribution >= 0.6 is 0 Å². The van der Waals surface area contributed by atoms with Gasteiger partial charge >= 0.3 is 6.09 Å². The number of hydrogen-bond acceptors (Lipinski definition) is 5. The largest absolute Gasteiger partial charge is 0.444 e. The Kier molecular flexibility index (Phi) is 7.89. The average Bonchev–Trinajstić information content (AvgIpc) is 2.70. The third-order valence-electron chi connectivity index (χ3n) is 6.52. The van der Waals surface area contributed by atoms with Gasteiger partial charge in [-0.3, -0.25) is 0 Å². The Morgan fingerprint density at radius 2 is 1.40 bits per heavy atom. The number of benzene rings is 2. The summed E-state index contributed by atoms with van der Waals surface area (Å²) in [6.45, 7) is 12.7. The minimum atomic E-state index is -3.42. The lowest BCUT2D eigenvalue weighted by atomic mass is 9.97. The standard InChI is InChI=1S/C27H39NO5SSi/c1-26(2,3)33-25(29)28-18-21(19-28)24(34(7,30)31)20-32-35(27(4,5)6,22-14-10-8-11-15-22)23-16-12-9-13-17-23/h8-17,21,24H,18-20H2,1-7H3/t24-/m1/s1. The molecule has 0 bridgehead atoms. The summed E-state index contributed by atoms with van der Waals surface area (Å²) in [7, 11) is -6.29. The van der Waals surface area contributed by atoms with Crippen LogP contribution in [0, 0.1) is 5.92 Å². The number of rotatable bonds is 7.